The summed E-state index contributed by atoms with van der Waals surface area (Å²) in [5.74, 6) is 0.414. The number of likely N-dealkylation sites (tertiary alicyclic amines) is 1. The summed E-state index contributed by atoms with van der Waals surface area (Å²) in [6.07, 6.45) is -0.0991. The number of fused-ring (bicyclic) bond motifs is 1. The van der Waals surface area contributed by atoms with Crippen molar-refractivity contribution in [3.8, 4) is 0 Å². The van der Waals surface area contributed by atoms with E-state index in [-0.39, 0.29) is 12.2 Å². The average Bonchev–Trinajstić information content (AvgIpc) is 2.56. The molecule has 0 aromatic heterocycles. The molecule has 1 N–H and O–H groups in total. The number of carbonyl (C=O) groups excluding carboxylic acids is 1. The van der Waals surface area contributed by atoms with Crippen LogP contribution in [0, 0.1) is 5.92 Å². The fourth-order valence-corrected chi connectivity index (χ4v) is 1.91. The van der Waals surface area contributed by atoms with Gasteiger partial charge >= 0.3 is 6.09 Å². The molecule has 0 saturated carbocycles. The molecule has 2 rings (SSSR count). The van der Waals surface area contributed by atoms with Crippen molar-refractivity contribution >= 4 is 6.09 Å². The second-order valence-electron chi connectivity index (χ2n) is 5.15. The summed E-state index contributed by atoms with van der Waals surface area (Å²) in [6, 6.07) is 0. The summed E-state index contributed by atoms with van der Waals surface area (Å²) in [6.45, 7) is 7.81. The van der Waals surface area contributed by atoms with E-state index in [2.05, 4.69) is 5.48 Å². The van der Waals surface area contributed by atoms with E-state index in [4.69, 9.17) is 9.57 Å². The van der Waals surface area contributed by atoms with Crippen LogP contribution >= 0.6 is 0 Å². The van der Waals surface area contributed by atoms with Gasteiger partial charge in [0, 0.05) is 19.0 Å². The number of nitrogens with zero attached hydrogens (tertiary/aromatic N) is 1. The minimum atomic E-state index is -0.423. The molecule has 2 saturated heterocycles. The van der Waals surface area contributed by atoms with E-state index in [9.17, 15) is 4.79 Å². The van der Waals surface area contributed by atoms with Crippen molar-refractivity contribution in [3.05, 3.63) is 0 Å². The van der Waals surface area contributed by atoms with Crippen LogP contribution in [0.1, 0.15) is 20.8 Å². The molecule has 5 heteroatoms. The van der Waals surface area contributed by atoms with E-state index in [0.29, 0.717) is 12.5 Å². The van der Waals surface area contributed by atoms with Crippen LogP contribution in [0.3, 0.4) is 0 Å². The first-order chi connectivity index (χ1) is 6.96. The van der Waals surface area contributed by atoms with Crippen LogP contribution in [0.15, 0.2) is 0 Å². The maximum atomic E-state index is 11.7. The van der Waals surface area contributed by atoms with Crippen LogP contribution in [0.5, 0.6) is 0 Å². The van der Waals surface area contributed by atoms with Crippen molar-refractivity contribution in [2.75, 3.05) is 19.6 Å². The predicted molar refractivity (Wildman–Crippen MR) is 54.2 cm³/mol. The van der Waals surface area contributed by atoms with E-state index in [1.165, 1.54) is 0 Å². The molecule has 0 aromatic carbocycles. The van der Waals surface area contributed by atoms with Crippen LogP contribution < -0.4 is 5.48 Å². The second-order valence-corrected chi connectivity index (χ2v) is 5.15. The number of carbonyl (C=O) groups is 1. The first kappa shape index (κ1) is 10.7. The minimum Gasteiger partial charge on any atom is -0.444 e. The summed E-state index contributed by atoms with van der Waals surface area (Å²) >= 11 is 0. The van der Waals surface area contributed by atoms with Gasteiger partial charge in [-0.3, -0.25) is 4.84 Å². The molecule has 5 nitrogen and oxygen atoms in total. The first-order valence-corrected chi connectivity index (χ1v) is 5.32. The van der Waals surface area contributed by atoms with Crippen molar-refractivity contribution < 1.29 is 14.4 Å². The minimum absolute atomic E-state index is 0.137. The molecule has 0 bridgehead atoms. The molecule has 1 amide bonds. The molecule has 2 atom stereocenters. The highest BCUT2D eigenvalue weighted by Crippen LogP contribution is 2.24. The number of nitrogens with one attached hydrogen (secondary N) is 1. The fourth-order valence-electron chi connectivity index (χ4n) is 1.91. The third-order valence-electron chi connectivity index (χ3n) is 2.61. The standard InChI is InChI=1S/C10H18N2O3/c1-10(2,3)14-9(13)12-5-7-4-11-15-8(7)6-12/h7-8,11H,4-6H2,1-3H3. The Morgan fingerprint density at radius 1 is 1.47 bits per heavy atom. The van der Waals surface area contributed by atoms with Gasteiger partial charge in [-0.15, -0.1) is 0 Å². The molecule has 0 spiro atoms. The Morgan fingerprint density at radius 3 is 2.80 bits per heavy atom. The summed E-state index contributed by atoms with van der Waals surface area (Å²) in [5, 5.41) is 0. The average molecular weight is 214 g/mol. The smallest absolute Gasteiger partial charge is 0.410 e. The van der Waals surface area contributed by atoms with Gasteiger partial charge in [-0.2, -0.15) is 0 Å². The molecule has 0 aromatic rings. The maximum absolute atomic E-state index is 11.7. The maximum Gasteiger partial charge on any atom is 0.410 e. The monoisotopic (exact) mass is 214 g/mol. The largest absolute Gasteiger partial charge is 0.444 e. The molecule has 15 heavy (non-hydrogen) atoms. The molecule has 86 valence electrons. The molecule has 2 heterocycles. The Balaban J connectivity index is 1.88. The third kappa shape index (κ3) is 2.41. The van der Waals surface area contributed by atoms with Crippen molar-refractivity contribution in [2.45, 2.75) is 32.5 Å². The van der Waals surface area contributed by atoms with Crippen LogP contribution in [-0.2, 0) is 9.57 Å². The van der Waals surface area contributed by atoms with Gasteiger partial charge in [0.15, 0.2) is 0 Å². The summed E-state index contributed by atoms with van der Waals surface area (Å²) < 4.78 is 5.30. The van der Waals surface area contributed by atoms with Crippen LogP contribution in [0.2, 0.25) is 0 Å². The Labute approximate surface area is 89.7 Å². The lowest BCUT2D eigenvalue weighted by atomic mass is 10.1. The van der Waals surface area contributed by atoms with Gasteiger partial charge < -0.3 is 9.64 Å². The number of ether oxygens (including phenoxy) is 1. The SMILES string of the molecule is CC(C)(C)OC(=O)N1CC2CNOC2C1. The van der Waals surface area contributed by atoms with Crippen molar-refractivity contribution in [2.24, 2.45) is 5.92 Å². The summed E-state index contributed by atoms with van der Waals surface area (Å²) in [4.78, 5) is 18.7. The molecule has 2 aliphatic rings. The van der Waals surface area contributed by atoms with Crippen molar-refractivity contribution in [3.63, 3.8) is 0 Å². The van der Waals surface area contributed by atoms with E-state index >= 15 is 0 Å². The second kappa shape index (κ2) is 3.64. The number of rotatable bonds is 0. The Kier molecular flexibility index (Phi) is 2.60. The predicted octanol–water partition coefficient (Wildman–Crippen LogP) is 0.757. The quantitative estimate of drug-likeness (QED) is 0.646. The normalized spacial score (nSPS) is 30.5. The molecule has 0 radical (unpaired) electrons. The Morgan fingerprint density at radius 2 is 2.20 bits per heavy atom. The van der Waals surface area contributed by atoms with E-state index < -0.39 is 5.60 Å². The van der Waals surface area contributed by atoms with Gasteiger partial charge in [-0.05, 0) is 20.8 Å². The number of hydrogen-bond acceptors (Lipinski definition) is 4. The van der Waals surface area contributed by atoms with Gasteiger partial charge in [0.1, 0.15) is 11.7 Å². The zero-order valence-electron chi connectivity index (χ0n) is 9.45. The highest BCUT2D eigenvalue weighted by Gasteiger charge is 2.40. The molecule has 2 fully saturated rings. The van der Waals surface area contributed by atoms with Gasteiger partial charge in [0.05, 0.1) is 6.54 Å². The fraction of sp³-hybridized carbons (Fsp3) is 0.900. The Hall–Kier alpha value is -0.810. The number of hydrogen-bond donors (Lipinski definition) is 1. The molecular formula is C10H18N2O3. The molecular weight excluding hydrogens is 196 g/mol. The van der Waals surface area contributed by atoms with Gasteiger partial charge in [0.25, 0.3) is 0 Å². The highest BCUT2D eigenvalue weighted by atomic mass is 16.7. The van der Waals surface area contributed by atoms with E-state index in [1.807, 2.05) is 20.8 Å². The topological polar surface area (TPSA) is 50.8 Å². The van der Waals surface area contributed by atoms with Crippen molar-refractivity contribution in [1.29, 1.82) is 0 Å². The van der Waals surface area contributed by atoms with E-state index in [0.717, 1.165) is 13.1 Å². The molecule has 2 unspecified atom stereocenters. The molecule has 0 aliphatic carbocycles. The zero-order chi connectivity index (χ0) is 11.1. The summed E-state index contributed by atoms with van der Waals surface area (Å²) in [7, 11) is 0. The lowest BCUT2D eigenvalue weighted by molar-refractivity contribution is 0.00935. The Bertz CT molecular complexity index is 250. The van der Waals surface area contributed by atoms with E-state index in [1.54, 1.807) is 4.90 Å². The third-order valence-corrected chi connectivity index (χ3v) is 2.61. The van der Waals surface area contributed by atoms with Gasteiger partial charge in [0.2, 0.25) is 0 Å². The van der Waals surface area contributed by atoms with Crippen LogP contribution in [0.25, 0.3) is 0 Å². The van der Waals surface area contributed by atoms with Gasteiger partial charge in [-0.25, -0.2) is 10.3 Å². The summed E-state index contributed by atoms with van der Waals surface area (Å²) in [5.41, 5.74) is 2.43. The number of amides is 1. The first-order valence-electron chi connectivity index (χ1n) is 5.32. The zero-order valence-corrected chi connectivity index (χ0v) is 9.45. The molecule has 2 aliphatic heterocycles. The van der Waals surface area contributed by atoms with Crippen LogP contribution in [-0.4, -0.2) is 42.3 Å². The number of hydroxylamine groups is 1. The highest BCUT2D eigenvalue weighted by molar-refractivity contribution is 5.68. The van der Waals surface area contributed by atoms with Gasteiger partial charge in [-0.1, -0.05) is 0 Å². The lowest BCUT2D eigenvalue weighted by Crippen LogP contribution is -2.37. The lowest BCUT2D eigenvalue weighted by Gasteiger charge is -2.24. The van der Waals surface area contributed by atoms with Crippen molar-refractivity contribution in [1.82, 2.24) is 10.4 Å². The van der Waals surface area contributed by atoms with Crippen LogP contribution in [0.4, 0.5) is 4.79 Å².